The monoisotopic (exact) mass is 403 g/mol. The minimum Gasteiger partial charge on any atom is -0.497 e. The zero-order valence-electron chi connectivity index (χ0n) is 16.7. The quantitative estimate of drug-likeness (QED) is 0.679. The normalized spacial score (nSPS) is 15.3. The molecule has 8 heteroatoms. The molecule has 0 saturated heterocycles. The van der Waals surface area contributed by atoms with E-state index in [-0.39, 0.29) is 17.7 Å². The van der Waals surface area contributed by atoms with Crippen molar-refractivity contribution in [2.45, 2.75) is 26.0 Å². The SMILES string of the molecule is COc1cccc(CNC(=O)c2cc(C3=NOC(c4ccccn4)C3)nc(C)n2)c1. The first-order valence-corrected chi connectivity index (χ1v) is 9.53. The van der Waals surface area contributed by atoms with Gasteiger partial charge < -0.3 is 14.9 Å². The number of nitrogens with zero attached hydrogens (tertiary/aromatic N) is 4. The second kappa shape index (κ2) is 8.69. The first-order valence-electron chi connectivity index (χ1n) is 9.53. The molecule has 1 N–H and O–H groups in total. The summed E-state index contributed by atoms with van der Waals surface area (Å²) in [7, 11) is 1.61. The van der Waals surface area contributed by atoms with E-state index in [0.29, 0.717) is 30.2 Å². The van der Waals surface area contributed by atoms with Crippen LogP contribution in [0.25, 0.3) is 0 Å². The van der Waals surface area contributed by atoms with E-state index < -0.39 is 0 Å². The van der Waals surface area contributed by atoms with Crippen LogP contribution >= 0.6 is 0 Å². The molecule has 0 radical (unpaired) electrons. The van der Waals surface area contributed by atoms with Crippen LogP contribution < -0.4 is 10.1 Å². The highest BCUT2D eigenvalue weighted by Crippen LogP contribution is 2.27. The lowest BCUT2D eigenvalue weighted by molar-refractivity contribution is 0.0826. The largest absolute Gasteiger partial charge is 0.497 e. The van der Waals surface area contributed by atoms with Gasteiger partial charge in [-0.15, -0.1) is 0 Å². The van der Waals surface area contributed by atoms with Crippen molar-refractivity contribution in [3.05, 3.63) is 83.2 Å². The van der Waals surface area contributed by atoms with E-state index in [2.05, 4.69) is 25.4 Å². The third-order valence-electron chi connectivity index (χ3n) is 4.64. The van der Waals surface area contributed by atoms with E-state index in [1.807, 2.05) is 42.5 Å². The molecule has 152 valence electrons. The molecule has 1 aliphatic rings. The van der Waals surface area contributed by atoms with Gasteiger partial charge in [0.05, 0.1) is 18.5 Å². The lowest BCUT2D eigenvalue weighted by Gasteiger charge is -2.08. The Morgan fingerprint density at radius 3 is 2.90 bits per heavy atom. The summed E-state index contributed by atoms with van der Waals surface area (Å²) in [5.41, 5.74) is 3.26. The molecule has 0 fully saturated rings. The highest BCUT2D eigenvalue weighted by atomic mass is 16.6. The minimum absolute atomic E-state index is 0.262. The van der Waals surface area contributed by atoms with Gasteiger partial charge in [0.2, 0.25) is 0 Å². The second-order valence-electron chi connectivity index (χ2n) is 6.81. The maximum Gasteiger partial charge on any atom is 0.270 e. The van der Waals surface area contributed by atoms with E-state index >= 15 is 0 Å². The molecule has 1 aromatic carbocycles. The van der Waals surface area contributed by atoms with Crippen LogP contribution in [-0.4, -0.2) is 33.7 Å². The van der Waals surface area contributed by atoms with Gasteiger partial charge >= 0.3 is 0 Å². The number of carbonyl (C=O) groups is 1. The van der Waals surface area contributed by atoms with Gasteiger partial charge in [0.1, 0.15) is 23.0 Å². The van der Waals surface area contributed by atoms with Gasteiger partial charge in [0.15, 0.2) is 6.10 Å². The zero-order valence-corrected chi connectivity index (χ0v) is 16.7. The van der Waals surface area contributed by atoms with Gasteiger partial charge in [-0.2, -0.15) is 0 Å². The van der Waals surface area contributed by atoms with Crippen molar-refractivity contribution < 1.29 is 14.4 Å². The number of carbonyl (C=O) groups excluding carboxylic acids is 1. The molecule has 3 heterocycles. The van der Waals surface area contributed by atoms with Gasteiger partial charge in [0, 0.05) is 19.2 Å². The standard InChI is InChI=1S/C22H21N5O3/c1-14-25-18(19-12-21(30-27-19)17-8-3-4-9-23-17)11-20(26-14)22(28)24-13-15-6-5-7-16(10-15)29-2/h3-11,21H,12-13H2,1-2H3,(H,24,28). The van der Waals surface area contributed by atoms with Gasteiger partial charge in [0.25, 0.3) is 5.91 Å². The molecule has 4 rings (SSSR count). The van der Waals surface area contributed by atoms with Crippen molar-refractivity contribution >= 4 is 11.6 Å². The van der Waals surface area contributed by atoms with Crippen LogP contribution in [0.4, 0.5) is 0 Å². The number of oxime groups is 1. The molecule has 3 aromatic rings. The number of pyridine rings is 1. The topological polar surface area (TPSA) is 98.6 Å². The number of rotatable bonds is 6. The number of hydrogen-bond donors (Lipinski definition) is 1. The lowest BCUT2D eigenvalue weighted by Crippen LogP contribution is -2.25. The molecular formula is C22H21N5O3. The summed E-state index contributed by atoms with van der Waals surface area (Å²) in [6.07, 6.45) is 1.98. The summed E-state index contributed by atoms with van der Waals surface area (Å²) in [5.74, 6) is 0.942. The third kappa shape index (κ3) is 4.43. The smallest absolute Gasteiger partial charge is 0.270 e. The molecule has 8 nitrogen and oxygen atoms in total. The predicted octanol–water partition coefficient (Wildman–Crippen LogP) is 2.98. The number of ether oxygens (including phenoxy) is 1. The molecule has 0 bridgehead atoms. The Morgan fingerprint density at radius 1 is 1.20 bits per heavy atom. The van der Waals surface area contributed by atoms with Crippen LogP contribution in [0.5, 0.6) is 5.75 Å². The number of aromatic nitrogens is 3. The number of aryl methyl sites for hydroxylation is 1. The zero-order chi connectivity index (χ0) is 20.9. The van der Waals surface area contributed by atoms with E-state index in [0.717, 1.165) is 17.0 Å². The Labute approximate surface area is 174 Å². The average Bonchev–Trinajstić information content (AvgIpc) is 3.28. The summed E-state index contributed by atoms with van der Waals surface area (Å²) in [6.45, 7) is 2.11. The van der Waals surface area contributed by atoms with Crippen molar-refractivity contribution in [3.8, 4) is 5.75 Å². The number of hydrogen-bond acceptors (Lipinski definition) is 7. The number of amides is 1. The maximum atomic E-state index is 12.7. The summed E-state index contributed by atoms with van der Waals surface area (Å²) in [4.78, 5) is 31.2. The van der Waals surface area contributed by atoms with E-state index in [4.69, 9.17) is 9.57 Å². The van der Waals surface area contributed by atoms with Crippen LogP contribution in [0.2, 0.25) is 0 Å². The Balaban J connectivity index is 1.46. The van der Waals surface area contributed by atoms with Crippen LogP contribution in [-0.2, 0) is 11.4 Å². The molecule has 0 aliphatic carbocycles. The van der Waals surface area contributed by atoms with Crippen LogP contribution in [0, 0.1) is 6.92 Å². The van der Waals surface area contributed by atoms with Crippen LogP contribution in [0.3, 0.4) is 0 Å². The first kappa shape index (κ1) is 19.5. The molecule has 1 amide bonds. The molecule has 0 spiro atoms. The molecule has 1 unspecified atom stereocenters. The summed E-state index contributed by atoms with van der Waals surface area (Å²) >= 11 is 0. The molecule has 1 aliphatic heterocycles. The van der Waals surface area contributed by atoms with Crippen molar-refractivity contribution in [2.75, 3.05) is 7.11 Å². The predicted molar refractivity (Wildman–Crippen MR) is 110 cm³/mol. The molecule has 1 atom stereocenters. The molecule has 30 heavy (non-hydrogen) atoms. The highest BCUT2D eigenvalue weighted by Gasteiger charge is 2.26. The number of benzene rings is 1. The summed E-state index contributed by atoms with van der Waals surface area (Å²) in [6, 6.07) is 14.8. The molecule has 0 saturated carbocycles. The fourth-order valence-electron chi connectivity index (χ4n) is 3.14. The number of methoxy groups -OCH3 is 1. The van der Waals surface area contributed by atoms with Crippen LogP contribution in [0.1, 0.15) is 45.8 Å². The fourth-order valence-corrected chi connectivity index (χ4v) is 3.14. The first-order chi connectivity index (χ1) is 14.6. The Morgan fingerprint density at radius 2 is 2.10 bits per heavy atom. The third-order valence-corrected chi connectivity index (χ3v) is 4.64. The molecule has 2 aromatic heterocycles. The summed E-state index contributed by atoms with van der Waals surface area (Å²) < 4.78 is 5.21. The van der Waals surface area contributed by atoms with Crippen LogP contribution in [0.15, 0.2) is 59.9 Å². The van der Waals surface area contributed by atoms with E-state index in [1.165, 1.54) is 0 Å². The van der Waals surface area contributed by atoms with Crippen molar-refractivity contribution in [1.82, 2.24) is 20.3 Å². The Hall–Kier alpha value is -3.81. The summed E-state index contributed by atoms with van der Waals surface area (Å²) in [5, 5.41) is 7.04. The number of nitrogens with one attached hydrogen (secondary N) is 1. The van der Waals surface area contributed by atoms with Gasteiger partial charge in [-0.3, -0.25) is 9.78 Å². The average molecular weight is 403 g/mol. The maximum absolute atomic E-state index is 12.7. The van der Waals surface area contributed by atoms with E-state index in [1.54, 1.807) is 26.3 Å². The van der Waals surface area contributed by atoms with Gasteiger partial charge in [-0.05, 0) is 42.8 Å². The van der Waals surface area contributed by atoms with Crippen molar-refractivity contribution in [2.24, 2.45) is 5.16 Å². The van der Waals surface area contributed by atoms with Gasteiger partial charge in [-0.25, -0.2) is 9.97 Å². The molecular weight excluding hydrogens is 382 g/mol. The highest BCUT2D eigenvalue weighted by molar-refractivity contribution is 6.01. The van der Waals surface area contributed by atoms with E-state index in [9.17, 15) is 4.79 Å². The second-order valence-corrected chi connectivity index (χ2v) is 6.81. The lowest BCUT2D eigenvalue weighted by atomic mass is 10.1. The van der Waals surface area contributed by atoms with Gasteiger partial charge in [-0.1, -0.05) is 23.4 Å². The van der Waals surface area contributed by atoms with Crippen molar-refractivity contribution in [3.63, 3.8) is 0 Å². The Bertz CT molecular complexity index is 1090. The fraction of sp³-hybridized carbons (Fsp3) is 0.227. The minimum atomic E-state index is -0.287. The van der Waals surface area contributed by atoms with Crippen molar-refractivity contribution in [1.29, 1.82) is 0 Å². The Kier molecular flexibility index (Phi) is 5.65.